The second kappa shape index (κ2) is 7.58. The van der Waals surface area contributed by atoms with Gasteiger partial charge in [0.15, 0.2) is 5.11 Å². The number of carbonyl (C=O) groups excluding carboxylic acids is 1. The monoisotopic (exact) mass is 340 g/mol. The quantitative estimate of drug-likeness (QED) is 0.487. The molecule has 0 amide bonds. The van der Waals surface area contributed by atoms with Crippen LogP contribution in [0.5, 0.6) is 0 Å². The first-order valence-corrected chi connectivity index (χ1v) is 7.49. The molecule has 1 saturated heterocycles. The Morgan fingerprint density at radius 3 is 2.68 bits per heavy atom. The lowest BCUT2D eigenvalue weighted by atomic mass is 9.89. The van der Waals surface area contributed by atoms with Gasteiger partial charge in [0.1, 0.15) is 12.5 Å². The maximum Gasteiger partial charge on any atom is 0.317 e. The van der Waals surface area contributed by atoms with E-state index in [9.17, 15) is 4.79 Å². The van der Waals surface area contributed by atoms with E-state index in [4.69, 9.17) is 33.3 Å². The molecule has 0 aromatic heterocycles. The first-order valence-electron chi connectivity index (χ1n) is 6.70. The van der Waals surface area contributed by atoms with E-state index in [0.29, 0.717) is 22.4 Å². The van der Waals surface area contributed by atoms with Gasteiger partial charge < -0.3 is 20.1 Å². The number of benzene rings is 1. The summed E-state index contributed by atoms with van der Waals surface area (Å²) in [6, 6.07) is 6.86. The zero-order valence-corrected chi connectivity index (χ0v) is 13.7. The number of halogens is 1. The number of ether oxygens (including phenoxy) is 2. The predicted octanol–water partition coefficient (Wildman–Crippen LogP) is 2.18. The van der Waals surface area contributed by atoms with Crippen LogP contribution in [0.15, 0.2) is 36.5 Å². The Hall–Kier alpha value is -1.63. The number of nitrogens with one attached hydrogen (secondary N) is 2. The van der Waals surface area contributed by atoms with E-state index < -0.39 is 5.92 Å². The van der Waals surface area contributed by atoms with Crippen LogP contribution in [0.1, 0.15) is 11.6 Å². The highest BCUT2D eigenvalue weighted by atomic mass is 35.5. The van der Waals surface area contributed by atoms with Gasteiger partial charge in [-0.25, -0.2) is 0 Å². The average Bonchev–Trinajstić information content (AvgIpc) is 2.47. The first kappa shape index (κ1) is 16.7. The predicted molar refractivity (Wildman–Crippen MR) is 88.5 cm³/mol. The standard InChI is InChI=1S/C15H17ClN2O3S/c1-9-12(14(19)21-8-7-20-2)13(18-15(22)17-9)10-3-5-11(16)6-4-10/h3-6,12-13H,1,7-8H2,2H3,(H2,17,18,22)/t12-,13+/m0/s1. The molecule has 1 aromatic rings. The van der Waals surface area contributed by atoms with Gasteiger partial charge in [-0.15, -0.1) is 0 Å². The molecule has 7 heteroatoms. The van der Waals surface area contributed by atoms with Crippen molar-refractivity contribution in [2.24, 2.45) is 5.92 Å². The molecule has 1 fully saturated rings. The minimum atomic E-state index is -0.593. The highest BCUT2D eigenvalue weighted by Crippen LogP contribution is 2.31. The van der Waals surface area contributed by atoms with Crippen molar-refractivity contribution in [3.8, 4) is 0 Å². The van der Waals surface area contributed by atoms with Crippen molar-refractivity contribution in [1.29, 1.82) is 0 Å². The third-order valence-corrected chi connectivity index (χ3v) is 3.76. The van der Waals surface area contributed by atoms with Crippen LogP contribution in [0, 0.1) is 5.92 Å². The van der Waals surface area contributed by atoms with Crippen LogP contribution in [0.3, 0.4) is 0 Å². The van der Waals surface area contributed by atoms with E-state index >= 15 is 0 Å². The first-order chi connectivity index (χ1) is 10.5. The van der Waals surface area contributed by atoms with Crippen LogP contribution in [-0.2, 0) is 14.3 Å². The molecule has 118 valence electrons. The molecule has 2 N–H and O–H groups in total. The second-order valence-electron chi connectivity index (χ2n) is 4.79. The molecule has 1 heterocycles. The van der Waals surface area contributed by atoms with Crippen molar-refractivity contribution in [1.82, 2.24) is 10.6 Å². The van der Waals surface area contributed by atoms with Gasteiger partial charge in [0, 0.05) is 17.8 Å². The molecule has 1 aliphatic heterocycles. The highest BCUT2D eigenvalue weighted by Gasteiger charge is 2.37. The summed E-state index contributed by atoms with van der Waals surface area (Å²) in [4.78, 5) is 12.4. The van der Waals surface area contributed by atoms with E-state index in [0.717, 1.165) is 5.56 Å². The summed E-state index contributed by atoms with van der Waals surface area (Å²) in [7, 11) is 1.55. The van der Waals surface area contributed by atoms with Crippen LogP contribution < -0.4 is 10.6 Å². The van der Waals surface area contributed by atoms with Crippen molar-refractivity contribution in [3.63, 3.8) is 0 Å². The smallest absolute Gasteiger partial charge is 0.317 e. The molecule has 1 aromatic carbocycles. The zero-order valence-electron chi connectivity index (χ0n) is 12.1. The molecule has 0 radical (unpaired) electrons. The Bertz CT molecular complexity index is 577. The van der Waals surface area contributed by atoms with E-state index in [1.165, 1.54) is 0 Å². The van der Waals surface area contributed by atoms with Gasteiger partial charge in [-0.05, 0) is 29.9 Å². The SMILES string of the molecule is C=C1NC(=S)N[C@H](c2ccc(Cl)cc2)[C@H]1C(=O)OCCOC. The van der Waals surface area contributed by atoms with E-state index in [-0.39, 0.29) is 18.6 Å². The molecule has 5 nitrogen and oxygen atoms in total. The third-order valence-electron chi connectivity index (χ3n) is 3.28. The number of methoxy groups -OCH3 is 1. The Morgan fingerprint density at radius 2 is 2.05 bits per heavy atom. The zero-order chi connectivity index (χ0) is 16.1. The molecule has 22 heavy (non-hydrogen) atoms. The minimum absolute atomic E-state index is 0.191. The summed E-state index contributed by atoms with van der Waals surface area (Å²) in [5.74, 6) is -0.978. The summed E-state index contributed by atoms with van der Waals surface area (Å²) in [5.41, 5.74) is 1.38. The largest absolute Gasteiger partial charge is 0.463 e. The number of thiocarbonyl (C=S) groups is 1. The van der Waals surface area contributed by atoms with Crippen LogP contribution in [0.4, 0.5) is 0 Å². The molecule has 2 rings (SSSR count). The van der Waals surface area contributed by atoms with Crippen LogP contribution in [0.25, 0.3) is 0 Å². The van der Waals surface area contributed by atoms with E-state index in [1.54, 1.807) is 19.2 Å². The third kappa shape index (κ3) is 3.97. The van der Waals surface area contributed by atoms with Gasteiger partial charge in [-0.3, -0.25) is 4.79 Å². The van der Waals surface area contributed by atoms with Crippen LogP contribution >= 0.6 is 23.8 Å². The number of hydrogen-bond acceptors (Lipinski definition) is 4. The molecule has 0 unspecified atom stereocenters. The second-order valence-corrected chi connectivity index (χ2v) is 5.64. The molecule has 0 spiro atoms. The molecule has 0 saturated carbocycles. The molecule has 0 bridgehead atoms. The summed E-state index contributed by atoms with van der Waals surface area (Å²) in [6.07, 6.45) is 0. The van der Waals surface area contributed by atoms with Crippen molar-refractivity contribution in [2.75, 3.05) is 20.3 Å². The average molecular weight is 341 g/mol. The Kier molecular flexibility index (Phi) is 5.76. The van der Waals surface area contributed by atoms with Crippen LogP contribution in [-0.4, -0.2) is 31.4 Å². The lowest BCUT2D eigenvalue weighted by molar-refractivity contribution is -0.149. The summed E-state index contributed by atoms with van der Waals surface area (Å²) in [5, 5.41) is 7.01. The van der Waals surface area contributed by atoms with E-state index in [1.807, 2.05) is 12.1 Å². The Labute approximate surface area is 139 Å². The molecule has 1 aliphatic rings. The van der Waals surface area contributed by atoms with Gasteiger partial charge in [0.25, 0.3) is 0 Å². The van der Waals surface area contributed by atoms with Gasteiger partial charge in [0.2, 0.25) is 0 Å². The Balaban J connectivity index is 2.21. The maximum atomic E-state index is 12.4. The summed E-state index contributed by atoms with van der Waals surface area (Å²) < 4.78 is 10.1. The lowest BCUT2D eigenvalue weighted by Gasteiger charge is -2.34. The number of rotatable bonds is 5. The van der Waals surface area contributed by atoms with Crippen molar-refractivity contribution in [3.05, 3.63) is 47.1 Å². The summed E-state index contributed by atoms with van der Waals surface area (Å²) >= 11 is 11.1. The number of esters is 1. The fourth-order valence-corrected chi connectivity index (χ4v) is 2.61. The Morgan fingerprint density at radius 1 is 1.36 bits per heavy atom. The maximum absolute atomic E-state index is 12.4. The van der Waals surface area contributed by atoms with Crippen molar-refractivity contribution in [2.45, 2.75) is 6.04 Å². The molecule has 2 atom stereocenters. The molecule has 0 aliphatic carbocycles. The van der Waals surface area contributed by atoms with Crippen molar-refractivity contribution < 1.29 is 14.3 Å². The van der Waals surface area contributed by atoms with Crippen molar-refractivity contribution >= 4 is 34.9 Å². The molecular weight excluding hydrogens is 324 g/mol. The lowest BCUT2D eigenvalue weighted by Crippen LogP contribution is -2.51. The van der Waals surface area contributed by atoms with E-state index in [2.05, 4.69) is 17.2 Å². The van der Waals surface area contributed by atoms with Gasteiger partial charge in [-0.1, -0.05) is 30.3 Å². The van der Waals surface area contributed by atoms with Gasteiger partial charge >= 0.3 is 5.97 Å². The normalized spacial score (nSPS) is 21.0. The fraction of sp³-hybridized carbons (Fsp3) is 0.333. The molecular formula is C15H17ClN2O3S. The topological polar surface area (TPSA) is 59.6 Å². The summed E-state index contributed by atoms with van der Waals surface area (Å²) in [6.45, 7) is 4.43. The number of hydrogen-bond donors (Lipinski definition) is 2. The fourth-order valence-electron chi connectivity index (χ4n) is 2.23. The van der Waals surface area contributed by atoms with Crippen LogP contribution in [0.2, 0.25) is 5.02 Å². The van der Waals surface area contributed by atoms with Gasteiger partial charge in [-0.2, -0.15) is 0 Å². The highest BCUT2D eigenvalue weighted by molar-refractivity contribution is 7.80. The number of carbonyl (C=O) groups is 1. The minimum Gasteiger partial charge on any atom is -0.463 e. The van der Waals surface area contributed by atoms with Gasteiger partial charge in [0.05, 0.1) is 12.6 Å².